The molecule has 3 aliphatic heterocycles. The molecular formula is C29H36N4O3S2. The molecule has 0 aliphatic carbocycles. The van der Waals surface area contributed by atoms with Crippen molar-refractivity contribution in [2.75, 3.05) is 64.5 Å². The van der Waals surface area contributed by atoms with Gasteiger partial charge >= 0.3 is 0 Å². The van der Waals surface area contributed by atoms with Crippen LogP contribution in [0.5, 0.6) is 0 Å². The van der Waals surface area contributed by atoms with Crippen LogP contribution in [0.15, 0.2) is 74.3 Å². The molecule has 1 amide bonds. The van der Waals surface area contributed by atoms with E-state index in [0.29, 0.717) is 25.0 Å². The summed E-state index contributed by atoms with van der Waals surface area (Å²) in [5.41, 5.74) is 3.65. The Morgan fingerprint density at radius 2 is 1.76 bits per heavy atom. The lowest BCUT2D eigenvalue weighted by atomic mass is 10.1. The molecule has 3 aliphatic rings. The number of carbonyl (C=O) groups excluding carboxylic acids is 1. The van der Waals surface area contributed by atoms with Gasteiger partial charge in [-0.15, -0.1) is 0 Å². The maximum absolute atomic E-state index is 12.8. The number of hydrogen-bond donors (Lipinski definition) is 2. The largest absolute Gasteiger partial charge is 0.383 e. The number of carbonyl (C=O) groups is 1. The average Bonchev–Trinajstić information content (AvgIpc) is 2.95. The van der Waals surface area contributed by atoms with Crippen LogP contribution >= 0.6 is 23.5 Å². The summed E-state index contributed by atoms with van der Waals surface area (Å²) in [5, 5.41) is 6.62. The van der Waals surface area contributed by atoms with Crippen LogP contribution < -0.4 is 10.6 Å². The number of nitrogens with one attached hydrogen (secondary N) is 2. The Morgan fingerprint density at radius 3 is 2.53 bits per heavy atom. The van der Waals surface area contributed by atoms with E-state index in [0.717, 1.165) is 67.8 Å². The zero-order valence-corrected chi connectivity index (χ0v) is 23.8. The molecule has 1 unspecified atom stereocenters. The Labute approximate surface area is 234 Å². The minimum Gasteiger partial charge on any atom is -0.383 e. The summed E-state index contributed by atoms with van der Waals surface area (Å²) < 4.78 is 10.9. The topological polar surface area (TPSA) is 66.1 Å². The Hall–Kier alpha value is -2.43. The Balaban J connectivity index is 1.22. The molecule has 5 rings (SSSR count). The highest BCUT2D eigenvalue weighted by Gasteiger charge is 2.22. The van der Waals surface area contributed by atoms with Crippen molar-refractivity contribution >= 4 is 40.8 Å². The van der Waals surface area contributed by atoms with E-state index in [9.17, 15) is 4.79 Å². The molecule has 202 valence electrons. The summed E-state index contributed by atoms with van der Waals surface area (Å²) in [6.45, 7) is 16.0. The van der Waals surface area contributed by atoms with Crippen molar-refractivity contribution in [2.24, 2.45) is 0 Å². The zero-order valence-electron chi connectivity index (χ0n) is 22.1. The lowest BCUT2D eigenvalue weighted by Gasteiger charge is -2.32. The lowest BCUT2D eigenvalue weighted by Crippen LogP contribution is -2.45. The van der Waals surface area contributed by atoms with E-state index in [4.69, 9.17) is 9.47 Å². The Kier molecular flexibility index (Phi) is 9.01. The van der Waals surface area contributed by atoms with Crippen LogP contribution in [-0.2, 0) is 14.3 Å². The van der Waals surface area contributed by atoms with Crippen molar-refractivity contribution in [3.8, 4) is 0 Å². The van der Waals surface area contributed by atoms with Crippen LogP contribution in [0, 0.1) is 0 Å². The summed E-state index contributed by atoms with van der Waals surface area (Å²) in [5.74, 6) is -0.160. The van der Waals surface area contributed by atoms with E-state index in [2.05, 4.69) is 58.2 Å². The van der Waals surface area contributed by atoms with Crippen molar-refractivity contribution in [2.45, 2.75) is 39.5 Å². The number of rotatable bonds is 8. The molecule has 9 heteroatoms. The van der Waals surface area contributed by atoms with Gasteiger partial charge in [-0.3, -0.25) is 9.69 Å². The zero-order chi connectivity index (χ0) is 26.5. The molecule has 0 saturated carbocycles. The van der Waals surface area contributed by atoms with Crippen molar-refractivity contribution in [3.63, 3.8) is 0 Å². The third kappa shape index (κ3) is 6.58. The second-order valence-electron chi connectivity index (χ2n) is 9.73. The minimum atomic E-state index is -0.160. The van der Waals surface area contributed by atoms with Crippen molar-refractivity contribution in [1.82, 2.24) is 15.1 Å². The first-order valence-corrected chi connectivity index (χ1v) is 14.8. The van der Waals surface area contributed by atoms with Gasteiger partial charge in [0, 0.05) is 87.1 Å². The van der Waals surface area contributed by atoms with Crippen LogP contribution in [0.4, 0.5) is 5.69 Å². The predicted octanol–water partition coefficient (Wildman–Crippen LogP) is 4.76. The first-order chi connectivity index (χ1) is 18.5. The predicted molar refractivity (Wildman–Crippen MR) is 155 cm³/mol. The summed E-state index contributed by atoms with van der Waals surface area (Å²) >= 11 is 3.50. The van der Waals surface area contributed by atoms with Gasteiger partial charge in [0.1, 0.15) is 0 Å². The van der Waals surface area contributed by atoms with E-state index < -0.39 is 0 Å². The fraction of sp³-hybridized carbons (Fsp3) is 0.414. The van der Waals surface area contributed by atoms with Crippen LogP contribution in [0.3, 0.4) is 0 Å². The lowest BCUT2D eigenvalue weighted by molar-refractivity contribution is -0.115. The molecule has 2 aromatic rings. The van der Waals surface area contributed by atoms with Crippen molar-refractivity contribution in [1.29, 1.82) is 0 Å². The third-order valence-corrected chi connectivity index (χ3v) is 9.67. The number of morpholine rings is 2. The van der Waals surface area contributed by atoms with Crippen LogP contribution in [0.1, 0.15) is 19.4 Å². The monoisotopic (exact) mass is 552 g/mol. The van der Waals surface area contributed by atoms with Crippen molar-refractivity contribution in [3.05, 3.63) is 60.3 Å². The van der Waals surface area contributed by atoms with Gasteiger partial charge in [-0.1, -0.05) is 42.2 Å². The smallest absolute Gasteiger partial charge is 0.250 e. The highest BCUT2D eigenvalue weighted by Crippen LogP contribution is 2.51. The number of hydrogen-bond acceptors (Lipinski definition) is 8. The number of benzene rings is 2. The number of anilines is 1. The van der Waals surface area contributed by atoms with Crippen LogP contribution in [0.25, 0.3) is 5.70 Å². The molecule has 2 N–H and O–H groups in total. The van der Waals surface area contributed by atoms with E-state index >= 15 is 0 Å². The summed E-state index contributed by atoms with van der Waals surface area (Å²) in [7, 11) is 0. The fourth-order valence-corrected chi connectivity index (χ4v) is 7.24. The highest BCUT2D eigenvalue weighted by molar-refractivity contribution is 8.05. The number of ether oxygens (including phenoxy) is 2. The molecule has 0 aromatic heterocycles. The van der Waals surface area contributed by atoms with Crippen LogP contribution in [0.2, 0.25) is 0 Å². The summed E-state index contributed by atoms with van der Waals surface area (Å²) in [6, 6.07) is 13.2. The molecule has 0 bridgehead atoms. The summed E-state index contributed by atoms with van der Waals surface area (Å²) in [6.07, 6.45) is 1.65. The fourth-order valence-electron chi connectivity index (χ4n) is 4.81. The number of amides is 1. The molecule has 2 aromatic carbocycles. The van der Waals surface area contributed by atoms with Gasteiger partial charge in [-0.2, -0.15) is 0 Å². The molecule has 2 saturated heterocycles. The average molecular weight is 553 g/mol. The number of fused-ring (bicyclic) bond motifs is 2. The Bertz CT molecular complexity index is 1210. The number of nitrogens with zero attached hydrogens (tertiary/aromatic N) is 2. The molecule has 0 radical (unpaired) electrons. The summed E-state index contributed by atoms with van der Waals surface area (Å²) in [4.78, 5) is 22.2. The van der Waals surface area contributed by atoms with Gasteiger partial charge in [-0.05, 0) is 38.1 Å². The molecule has 38 heavy (non-hydrogen) atoms. The third-order valence-electron chi connectivity index (χ3n) is 7.07. The quantitative estimate of drug-likeness (QED) is 0.388. The second kappa shape index (κ2) is 12.6. The Morgan fingerprint density at radius 1 is 1.03 bits per heavy atom. The molecule has 2 fully saturated rings. The highest BCUT2D eigenvalue weighted by atomic mass is 32.2. The normalized spacial score (nSPS) is 18.8. The minimum absolute atomic E-state index is 0.160. The van der Waals surface area contributed by atoms with E-state index in [1.807, 2.05) is 19.1 Å². The standard InChI is InChI=1S/C29H36N4O3S2/c1-20(32-9-13-35-14-10-32)17-28(34)31-22(3)24-5-4-6-26-29(24)38-25-8-7-23(18-27(25)37-26)30-19-21(2)33-11-15-36-16-12-33/h4-8,17-18,21,30H,3,9-16,19H2,1-2H3,(H,31,34)/b20-17+. The van der Waals surface area contributed by atoms with Gasteiger partial charge in [-0.25, -0.2) is 0 Å². The van der Waals surface area contributed by atoms with E-state index in [-0.39, 0.29) is 5.91 Å². The van der Waals surface area contributed by atoms with E-state index in [1.54, 1.807) is 29.6 Å². The number of allylic oxidation sites excluding steroid dienone is 1. The maximum Gasteiger partial charge on any atom is 0.250 e. The van der Waals surface area contributed by atoms with Gasteiger partial charge in [0.15, 0.2) is 0 Å². The first-order valence-electron chi connectivity index (χ1n) is 13.2. The van der Waals surface area contributed by atoms with E-state index in [1.165, 1.54) is 14.7 Å². The second-order valence-corrected chi connectivity index (χ2v) is 11.9. The van der Waals surface area contributed by atoms with Gasteiger partial charge < -0.3 is 25.0 Å². The molecule has 1 atom stereocenters. The maximum atomic E-state index is 12.8. The molecule has 3 heterocycles. The van der Waals surface area contributed by atoms with Gasteiger partial charge in [0.2, 0.25) is 5.91 Å². The van der Waals surface area contributed by atoms with Crippen LogP contribution in [-0.4, -0.2) is 80.9 Å². The SMILES string of the molecule is C=C(NC(=O)/C=C(\C)N1CCOCC1)c1cccc2c1Sc1ccc(NCC(C)N3CCOCC3)cc1S2. The molecule has 7 nitrogen and oxygen atoms in total. The van der Waals surface area contributed by atoms with Crippen molar-refractivity contribution < 1.29 is 14.3 Å². The molecular weight excluding hydrogens is 516 g/mol. The van der Waals surface area contributed by atoms with Gasteiger partial charge in [0.25, 0.3) is 0 Å². The first kappa shape index (κ1) is 27.1. The molecule has 0 spiro atoms. The van der Waals surface area contributed by atoms with Gasteiger partial charge in [0.05, 0.1) is 26.4 Å².